The van der Waals surface area contributed by atoms with Gasteiger partial charge in [0.05, 0.1) is 0 Å². The van der Waals surface area contributed by atoms with E-state index in [9.17, 15) is 0 Å². The van der Waals surface area contributed by atoms with Crippen LogP contribution in [0.25, 0.3) is 0 Å². The van der Waals surface area contributed by atoms with Crippen molar-refractivity contribution in [2.24, 2.45) is 0 Å². The van der Waals surface area contributed by atoms with Gasteiger partial charge >= 0.3 is 0 Å². The fourth-order valence-corrected chi connectivity index (χ4v) is 5.13. The maximum Gasteiger partial charge on any atom is 0.101 e. The number of rotatable bonds is 24. The highest BCUT2D eigenvalue weighted by molar-refractivity contribution is 4.96. The van der Waals surface area contributed by atoms with Gasteiger partial charge in [0, 0.05) is 25.5 Å². The van der Waals surface area contributed by atoms with E-state index in [2.05, 4.69) is 43.0 Å². The van der Waals surface area contributed by atoms with Gasteiger partial charge in [-0.15, -0.1) is 0 Å². The van der Waals surface area contributed by atoms with E-state index in [1.54, 1.807) is 0 Å². The molecule has 0 radical (unpaired) electrons. The minimum atomic E-state index is 0.643. The van der Waals surface area contributed by atoms with Gasteiger partial charge in [-0.2, -0.15) is 0 Å². The van der Waals surface area contributed by atoms with Crippen molar-refractivity contribution in [3.05, 3.63) is 12.4 Å². The summed E-state index contributed by atoms with van der Waals surface area (Å²) in [5, 5.41) is 0. The standard InChI is InChI=1S/C30H60N2/c1-4-7-10-12-14-15-16-17-19-21-24-27-32-29-28-31(30(32)25-22-9-6-3)26-23-20-18-13-11-8-5-2/h28-30H,4-27H2,1-3H3. The molecule has 1 heterocycles. The predicted molar refractivity (Wildman–Crippen MR) is 145 cm³/mol. The summed E-state index contributed by atoms with van der Waals surface area (Å²) < 4.78 is 0. The van der Waals surface area contributed by atoms with Crippen LogP contribution in [0, 0.1) is 0 Å². The van der Waals surface area contributed by atoms with Gasteiger partial charge in [0.1, 0.15) is 6.17 Å². The fourth-order valence-electron chi connectivity index (χ4n) is 5.13. The van der Waals surface area contributed by atoms with Crippen molar-refractivity contribution >= 4 is 0 Å². The van der Waals surface area contributed by atoms with E-state index >= 15 is 0 Å². The monoisotopic (exact) mass is 448 g/mol. The normalized spacial score (nSPS) is 15.9. The Hall–Kier alpha value is -0.660. The minimum absolute atomic E-state index is 0.643. The fraction of sp³-hybridized carbons (Fsp3) is 0.933. The number of unbranched alkanes of at least 4 members (excludes halogenated alkanes) is 18. The van der Waals surface area contributed by atoms with Crippen LogP contribution in [-0.4, -0.2) is 29.1 Å². The molecule has 0 N–H and O–H groups in total. The summed E-state index contributed by atoms with van der Waals surface area (Å²) in [6, 6.07) is 0. The number of hydrogen-bond acceptors (Lipinski definition) is 2. The summed E-state index contributed by atoms with van der Waals surface area (Å²) in [7, 11) is 0. The zero-order valence-corrected chi connectivity index (χ0v) is 22.6. The van der Waals surface area contributed by atoms with Crippen LogP contribution < -0.4 is 0 Å². The summed E-state index contributed by atoms with van der Waals surface area (Å²) in [4.78, 5) is 5.34. The number of hydrogen-bond donors (Lipinski definition) is 0. The Morgan fingerprint density at radius 2 is 0.719 bits per heavy atom. The van der Waals surface area contributed by atoms with Gasteiger partial charge in [-0.3, -0.25) is 0 Å². The molecule has 1 aliphatic rings. The second-order valence-electron chi connectivity index (χ2n) is 10.4. The Labute approximate surface area is 203 Å². The first-order valence-corrected chi connectivity index (χ1v) is 15.0. The van der Waals surface area contributed by atoms with Crippen molar-refractivity contribution in [1.29, 1.82) is 0 Å². The third-order valence-corrected chi connectivity index (χ3v) is 7.32. The molecule has 0 aliphatic carbocycles. The Kier molecular flexibility index (Phi) is 20.3. The first-order valence-electron chi connectivity index (χ1n) is 15.0. The van der Waals surface area contributed by atoms with Gasteiger partial charge in [0.25, 0.3) is 0 Å². The van der Waals surface area contributed by atoms with Gasteiger partial charge in [0.15, 0.2) is 0 Å². The van der Waals surface area contributed by atoms with Gasteiger partial charge in [-0.05, 0) is 25.7 Å². The lowest BCUT2D eigenvalue weighted by atomic mass is 10.1. The molecule has 0 bridgehead atoms. The van der Waals surface area contributed by atoms with Crippen LogP contribution in [0.2, 0.25) is 0 Å². The average Bonchev–Trinajstić information content (AvgIpc) is 3.18. The summed E-state index contributed by atoms with van der Waals surface area (Å²) in [5.41, 5.74) is 0. The zero-order valence-electron chi connectivity index (χ0n) is 22.6. The van der Waals surface area contributed by atoms with Crippen molar-refractivity contribution in [2.75, 3.05) is 13.1 Å². The molecule has 190 valence electrons. The van der Waals surface area contributed by atoms with E-state index in [4.69, 9.17) is 0 Å². The third kappa shape index (κ3) is 15.2. The van der Waals surface area contributed by atoms with E-state index in [-0.39, 0.29) is 0 Å². The Morgan fingerprint density at radius 3 is 1.09 bits per heavy atom. The van der Waals surface area contributed by atoms with Crippen LogP contribution in [-0.2, 0) is 0 Å². The van der Waals surface area contributed by atoms with Crippen LogP contribution in [0.1, 0.15) is 162 Å². The lowest BCUT2D eigenvalue weighted by Crippen LogP contribution is -2.39. The van der Waals surface area contributed by atoms with Crippen LogP contribution in [0.3, 0.4) is 0 Å². The van der Waals surface area contributed by atoms with Crippen LogP contribution in [0.5, 0.6) is 0 Å². The minimum Gasteiger partial charge on any atom is -0.356 e. The second-order valence-corrected chi connectivity index (χ2v) is 10.4. The molecule has 2 nitrogen and oxygen atoms in total. The van der Waals surface area contributed by atoms with E-state index in [0.717, 1.165) is 0 Å². The highest BCUT2D eigenvalue weighted by Gasteiger charge is 2.24. The largest absolute Gasteiger partial charge is 0.356 e. The topological polar surface area (TPSA) is 6.48 Å². The smallest absolute Gasteiger partial charge is 0.101 e. The first kappa shape index (κ1) is 29.4. The van der Waals surface area contributed by atoms with Crippen molar-refractivity contribution in [3.8, 4) is 0 Å². The average molecular weight is 449 g/mol. The van der Waals surface area contributed by atoms with Gasteiger partial charge < -0.3 is 9.80 Å². The highest BCUT2D eigenvalue weighted by atomic mass is 15.4. The van der Waals surface area contributed by atoms with Crippen molar-refractivity contribution in [2.45, 2.75) is 168 Å². The summed E-state index contributed by atoms with van der Waals surface area (Å²) >= 11 is 0. The Bertz CT molecular complexity index is 406. The van der Waals surface area contributed by atoms with Crippen molar-refractivity contribution in [1.82, 2.24) is 9.80 Å². The Balaban J connectivity index is 2.15. The summed E-state index contributed by atoms with van der Waals surface area (Å²) in [6.07, 6.45) is 36.5. The van der Waals surface area contributed by atoms with Crippen LogP contribution in [0.4, 0.5) is 0 Å². The molecule has 2 heteroatoms. The molecule has 1 rings (SSSR count). The lowest BCUT2D eigenvalue weighted by molar-refractivity contribution is 0.135. The molecular weight excluding hydrogens is 388 g/mol. The van der Waals surface area contributed by atoms with Crippen LogP contribution >= 0.6 is 0 Å². The second kappa shape index (κ2) is 22.1. The molecule has 0 amide bonds. The van der Waals surface area contributed by atoms with Crippen molar-refractivity contribution < 1.29 is 0 Å². The van der Waals surface area contributed by atoms with Gasteiger partial charge in [-0.1, -0.05) is 136 Å². The van der Waals surface area contributed by atoms with Gasteiger partial charge in [-0.25, -0.2) is 0 Å². The van der Waals surface area contributed by atoms with E-state index in [1.165, 1.54) is 154 Å². The molecule has 0 fully saturated rings. The van der Waals surface area contributed by atoms with Crippen LogP contribution in [0.15, 0.2) is 12.4 Å². The number of nitrogens with zero attached hydrogens (tertiary/aromatic N) is 2. The molecule has 32 heavy (non-hydrogen) atoms. The molecule has 0 aromatic rings. The SMILES string of the molecule is CCCCCCCCCCCCCN1C=CN(CCCCCCCCC)C1CCCCC. The van der Waals surface area contributed by atoms with E-state index in [0.29, 0.717) is 6.17 Å². The molecule has 0 spiro atoms. The molecular formula is C30H60N2. The molecule has 0 aromatic carbocycles. The van der Waals surface area contributed by atoms with E-state index in [1.807, 2.05) is 0 Å². The molecule has 1 unspecified atom stereocenters. The summed E-state index contributed by atoms with van der Waals surface area (Å²) in [5.74, 6) is 0. The molecule has 1 atom stereocenters. The highest BCUT2D eigenvalue weighted by Crippen LogP contribution is 2.23. The molecule has 0 saturated carbocycles. The van der Waals surface area contributed by atoms with E-state index < -0.39 is 0 Å². The molecule has 0 aromatic heterocycles. The maximum absolute atomic E-state index is 2.67. The third-order valence-electron chi connectivity index (χ3n) is 7.32. The predicted octanol–water partition coefficient (Wildman–Crippen LogP) is 10.0. The maximum atomic E-state index is 2.67. The molecule has 1 aliphatic heterocycles. The zero-order chi connectivity index (χ0) is 23.1. The first-order chi connectivity index (χ1) is 15.8. The lowest BCUT2D eigenvalue weighted by Gasteiger charge is -2.33. The Morgan fingerprint density at radius 1 is 0.406 bits per heavy atom. The van der Waals surface area contributed by atoms with Gasteiger partial charge in [0.2, 0.25) is 0 Å². The quantitative estimate of drug-likeness (QED) is 0.135. The van der Waals surface area contributed by atoms with Crippen molar-refractivity contribution in [3.63, 3.8) is 0 Å². The summed E-state index contributed by atoms with van der Waals surface area (Å²) in [6.45, 7) is 9.46. The molecule has 0 saturated heterocycles.